The summed E-state index contributed by atoms with van der Waals surface area (Å²) in [6.07, 6.45) is 2.18. The fourth-order valence-corrected chi connectivity index (χ4v) is 1.96. The van der Waals surface area contributed by atoms with Gasteiger partial charge in [-0.2, -0.15) is 4.98 Å². The zero-order valence-corrected chi connectivity index (χ0v) is 9.81. The summed E-state index contributed by atoms with van der Waals surface area (Å²) in [6, 6.07) is 2.05. The van der Waals surface area contributed by atoms with Crippen molar-refractivity contribution in [2.24, 2.45) is 5.73 Å². The fourth-order valence-electron chi connectivity index (χ4n) is 1.96. The van der Waals surface area contributed by atoms with Crippen LogP contribution in [0.15, 0.2) is 6.07 Å². The molecule has 1 unspecified atom stereocenters. The molecular weight excluding hydrogens is 204 g/mol. The summed E-state index contributed by atoms with van der Waals surface area (Å²) >= 11 is 0. The van der Waals surface area contributed by atoms with E-state index < -0.39 is 0 Å². The van der Waals surface area contributed by atoms with Gasteiger partial charge < -0.3 is 15.4 Å². The Balaban J connectivity index is 2.21. The second-order valence-electron chi connectivity index (χ2n) is 4.20. The Kier molecular flexibility index (Phi) is 3.24. The molecule has 2 heterocycles. The molecule has 0 aliphatic carbocycles. The lowest BCUT2D eigenvalue weighted by atomic mass is 10.1. The number of hydrogen-bond acceptors (Lipinski definition) is 5. The van der Waals surface area contributed by atoms with Crippen LogP contribution in [0, 0.1) is 6.92 Å². The summed E-state index contributed by atoms with van der Waals surface area (Å²) in [5.74, 6) is 1.34. The van der Waals surface area contributed by atoms with Crippen molar-refractivity contribution in [1.82, 2.24) is 9.97 Å². The Hall–Kier alpha value is -1.36. The molecule has 1 aromatic heterocycles. The normalized spacial score (nSPS) is 20.9. The van der Waals surface area contributed by atoms with Gasteiger partial charge in [0.25, 0.3) is 0 Å². The Bertz CT molecular complexity index is 369. The van der Waals surface area contributed by atoms with Crippen LogP contribution in [0.2, 0.25) is 0 Å². The minimum absolute atomic E-state index is 0.226. The molecule has 5 heteroatoms. The van der Waals surface area contributed by atoms with Crippen molar-refractivity contribution in [3.05, 3.63) is 11.8 Å². The molecule has 0 radical (unpaired) electrons. The summed E-state index contributed by atoms with van der Waals surface area (Å²) in [5, 5.41) is 0. The molecule has 0 saturated carbocycles. The number of hydrogen-bond donors (Lipinski definition) is 1. The predicted octanol–water partition coefficient (Wildman–Crippen LogP) is 0.721. The van der Waals surface area contributed by atoms with Crippen molar-refractivity contribution < 1.29 is 4.74 Å². The number of aryl methyl sites for hydroxylation is 1. The van der Waals surface area contributed by atoms with E-state index in [0.29, 0.717) is 5.88 Å². The maximum absolute atomic E-state index is 5.94. The molecule has 2 N–H and O–H groups in total. The van der Waals surface area contributed by atoms with E-state index in [1.54, 1.807) is 7.11 Å². The first kappa shape index (κ1) is 11.1. The number of ether oxygens (including phenoxy) is 1. The van der Waals surface area contributed by atoms with Gasteiger partial charge in [0.1, 0.15) is 0 Å². The molecule has 1 fully saturated rings. The fraction of sp³-hybridized carbons (Fsp3) is 0.636. The van der Waals surface area contributed by atoms with Crippen LogP contribution >= 0.6 is 0 Å². The van der Waals surface area contributed by atoms with Gasteiger partial charge in [-0.15, -0.1) is 0 Å². The maximum atomic E-state index is 5.94. The van der Waals surface area contributed by atoms with Gasteiger partial charge in [-0.05, 0) is 19.8 Å². The average molecular weight is 222 g/mol. The van der Waals surface area contributed by atoms with Crippen LogP contribution in [0.1, 0.15) is 18.5 Å². The average Bonchev–Trinajstić information content (AvgIpc) is 2.28. The number of nitrogens with zero attached hydrogens (tertiary/aromatic N) is 3. The van der Waals surface area contributed by atoms with E-state index in [2.05, 4.69) is 14.9 Å². The van der Waals surface area contributed by atoms with Crippen molar-refractivity contribution in [1.29, 1.82) is 0 Å². The van der Waals surface area contributed by atoms with Crippen LogP contribution in [-0.4, -0.2) is 36.2 Å². The SMILES string of the molecule is COc1cc(C)nc(N2CCCC(N)C2)n1. The van der Waals surface area contributed by atoms with E-state index >= 15 is 0 Å². The smallest absolute Gasteiger partial charge is 0.228 e. The quantitative estimate of drug-likeness (QED) is 0.798. The topological polar surface area (TPSA) is 64.3 Å². The number of rotatable bonds is 2. The van der Waals surface area contributed by atoms with Gasteiger partial charge in [0.15, 0.2) is 0 Å². The molecule has 0 amide bonds. The third-order valence-electron chi connectivity index (χ3n) is 2.77. The van der Waals surface area contributed by atoms with Crippen LogP contribution < -0.4 is 15.4 Å². The van der Waals surface area contributed by atoms with Crippen molar-refractivity contribution in [3.63, 3.8) is 0 Å². The first-order valence-electron chi connectivity index (χ1n) is 5.59. The number of nitrogens with two attached hydrogens (primary N) is 1. The van der Waals surface area contributed by atoms with Crippen molar-refractivity contribution >= 4 is 5.95 Å². The van der Waals surface area contributed by atoms with Crippen LogP contribution in [0.4, 0.5) is 5.95 Å². The lowest BCUT2D eigenvalue weighted by molar-refractivity contribution is 0.395. The van der Waals surface area contributed by atoms with E-state index in [1.807, 2.05) is 13.0 Å². The minimum atomic E-state index is 0.226. The highest BCUT2D eigenvalue weighted by Crippen LogP contribution is 2.18. The van der Waals surface area contributed by atoms with E-state index in [4.69, 9.17) is 10.5 Å². The van der Waals surface area contributed by atoms with E-state index in [0.717, 1.165) is 37.6 Å². The monoisotopic (exact) mass is 222 g/mol. The van der Waals surface area contributed by atoms with Crippen LogP contribution in [0.25, 0.3) is 0 Å². The number of methoxy groups -OCH3 is 1. The highest BCUT2D eigenvalue weighted by Gasteiger charge is 2.19. The van der Waals surface area contributed by atoms with Crippen molar-refractivity contribution in [3.8, 4) is 5.88 Å². The Labute approximate surface area is 95.6 Å². The van der Waals surface area contributed by atoms with Gasteiger partial charge in [0.05, 0.1) is 7.11 Å². The zero-order chi connectivity index (χ0) is 11.5. The molecule has 5 nitrogen and oxygen atoms in total. The molecule has 0 spiro atoms. The van der Waals surface area contributed by atoms with Gasteiger partial charge in [0, 0.05) is 30.9 Å². The van der Waals surface area contributed by atoms with Gasteiger partial charge in [-0.3, -0.25) is 0 Å². The zero-order valence-electron chi connectivity index (χ0n) is 9.81. The van der Waals surface area contributed by atoms with E-state index in [9.17, 15) is 0 Å². The molecule has 1 aromatic rings. The molecule has 1 aliphatic rings. The molecule has 0 bridgehead atoms. The van der Waals surface area contributed by atoms with Gasteiger partial charge in [-0.1, -0.05) is 0 Å². The van der Waals surface area contributed by atoms with Crippen LogP contribution in [0.5, 0.6) is 5.88 Å². The van der Waals surface area contributed by atoms with Gasteiger partial charge in [0.2, 0.25) is 11.8 Å². The third kappa shape index (κ3) is 2.41. The predicted molar refractivity (Wildman–Crippen MR) is 62.7 cm³/mol. The summed E-state index contributed by atoms with van der Waals surface area (Å²) in [6.45, 7) is 3.74. The molecule has 88 valence electrons. The number of anilines is 1. The highest BCUT2D eigenvalue weighted by atomic mass is 16.5. The second-order valence-corrected chi connectivity index (χ2v) is 4.20. The molecule has 1 saturated heterocycles. The van der Waals surface area contributed by atoms with Gasteiger partial charge in [-0.25, -0.2) is 4.98 Å². The largest absolute Gasteiger partial charge is 0.481 e. The van der Waals surface area contributed by atoms with Crippen molar-refractivity contribution in [2.75, 3.05) is 25.1 Å². The van der Waals surface area contributed by atoms with Gasteiger partial charge >= 0.3 is 0 Å². The lowest BCUT2D eigenvalue weighted by Crippen LogP contribution is -2.43. The second kappa shape index (κ2) is 4.65. The number of piperidine rings is 1. The minimum Gasteiger partial charge on any atom is -0.481 e. The summed E-state index contributed by atoms with van der Waals surface area (Å²) < 4.78 is 5.14. The first-order valence-corrected chi connectivity index (χ1v) is 5.59. The standard InChI is InChI=1S/C11H18N4O/c1-8-6-10(16-2)14-11(13-8)15-5-3-4-9(12)7-15/h6,9H,3-5,7,12H2,1-2H3. The Morgan fingerprint density at radius 3 is 3.00 bits per heavy atom. The molecule has 2 rings (SSSR count). The summed E-state index contributed by atoms with van der Waals surface area (Å²) in [5.41, 5.74) is 6.86. The van der Waals surface area contributed by atoms with Crippen LogP contribution in [0.3, 0.4) is 0 Å². The molecular formula is C11H18N4O. The molecule has 1 aliphatic heterocycles. The third-order valence-corrected chi connectivity index (χ3v) is 2.77. The number of aromatic nitrogens is 2. The van der Waals surface area contributed by atoms with Crippen molar-refractivity contribution in [2.45, 2.75) is 25.8 Å². The first-order chi connectivity index (χ1) is 7.69. The maximum Gasteiger partial charge on any atom is 0.228 e. The molecule has 0 aromatic carbocycles. The molecule has 1 atom stereocenters. The summed E-state index contributed by atoms with van der Waals surface area (Å²) in [4.78, 5) is 10.9. The summed E-state index contributed by atoms with van der Waals surface area (Å²) in [7, 11) is 1.62. The Morgan fingerprint density at radius 1 is 1.50 bits per heavy atom. The van der Waals surface area contributed by atoms with Crippen LogP contribution in [-0.2, 0) is 0 Å². The highest BCUT2D eigenvalue weighted by molar-refractivity contribution is 5.35. The molecule has 16 heavy (non-hydrogen) atoms. The Morgan fingerprint density at radius 2 is 2.31 bits per heavy atom. The van der Waals surface area contributed by atoms with E-state index in [-0.39, 0.29) is 6.04 Å². The lowest BCUT2D eigenvalue weighted by Gasteiger charge is -2.30. The van der Waals surface area contributed by atoms with E-state index in [1.165, 1.54) is 0 Å².